The zero-order chi connectivity index (χ0) is 18.5. The van der Waals surface area contributed by atoms with Gasteiger partial charge in [-0.25, -0.2) is 9.67 Å². The Kier molecular flexibility index (Phi) is 6.31. The maximum atomic E-state index is 12.3. The molecule has 26 heavy (non-hydrogen) atoms. The summed E-state index contributed by atoms with van der Waals surface area (Å²) in [5.41, 5.74) is 2.95. The predicted octanol–water partition coefficient (Wildman–Crippen LogP) is 4.73. The summed E-state index contributed by atoms with van der Waals surface area (Å²) in [6, 6.07) is 15.8. The summed E-state index contributed by atoms with van der Waals surface area (Å²) in [6.07, 6.45) is 1.66. The fourth-order valence-corrected chi connectivity index (χ4v) is 3.58. The van der Waals surface area contributed by atoms with Gasteiger partial charge in [0.1, 0.15) is 6.33 Å². The SMILES string of the molecule is CC(C)c1cc(I)ccc1NC(=O)CSc1ncn(-c2ccccc2)n1. The van der Waals surface area contributed by atoms with Crippen LogP contribution in [0.2, 0.25) is 0 Å². The first kappa shape index (κ1) is 18.9. The van der Waals surface area contributed by atoms with Crippen molar-refractivity contribution >= 4 is 45.9 Å². The molecular formula is C19H19IN4OS. The molecule has 0 aliphatic rings. The zero-order valence-electron chi connectivity index (χ0n) is 14.5. The fraction of sp³-hybridized carbons (Fsp3) is 0.211. The quantitative estimate of drug-likeness (QED) is 0.411. The van der Waals surface area contributed by atoms with Crippen molar-refractivity contribution in [2.75, 3.05) is 11.1 Å². The van der Waals surface area contributed by atoms with Crippen molar-refractivity contribution in [2.24, 2.45) is 0 Å². The Balaban J connectivity index is 1.61. The highest BCUT2D eigenvalue weighted by molar-refractivity contribution is 14.1. The molecule has 0 atom stereocenters. The van der Waals surface area contributed by atoms with Gasteiger partial charge in [0.25, 0.3) is 0 Å². The van der Waals surface area contributed by atoms with Crippen molar-refractivity contribution < 1.29 is 4.79 Å². The van der Waals surface area contributed by atoms with Crippen LogP contribution in [0, 0.1) is 3.57 Å². The van der Waals surface area contributed by atoms with E-state index in [1.165, 1.54) is 11.8 Å². The van der Waals surface area contributed by atoms with Crippen LogP contribution in [0.15, 0.2) is 60.0 Å². The summed E-state index contributed by atoms with van der Waals surface area (Å²) < 4.78 is 2.87. The molecule has 134 valence electrons. The second kappa shape index (κ2) is 8.68. The molecule has 0 saturated heterocycles. The van der Waals surface area contributed by atoms with Crippen LogP contribution < -0.4 is 5.32 Å². The molecule has 3 aromatic rings. The van der Waals surface area contributed by atoms with Gasteiger partial charge in [0, 0.05) is 9.26 Å². The summed E-state index contributed by atoms with van der Waals surface area (Å²) in [5, 5.41) is 7.99. The van der Waals surface area contributed by atoms with E-state index in [0.717, 1.165) is 20.5 Å². The van der Waals surface area contributed by atoms with Crippen LogP contribution in [0.1, 0.15) is 25.3 Å². The van der Waals surface area contributed by atoms with Gasteiger partial charge in [0.15, 0.2) is 0 Å². The lowest BCUT2D eigenvalue weighted by Crippen LogP contribution is -2.16. The molecule has 3 rings (SSSR count). The molecule has 2 aromatic carbocycles. The van der Waals surface area contributed by atoms with Crippen molar-refractivity contribution in [3.05, 3.63) is 64.0 Å². The summed E-state index contributed by atoms with van der Waals surface area (Å²) in [7, 11) is 0. The van der Waals surface area contributed by atoms with Crippen LogP contribution in [0.25, 0.3) is 5.69 Å². The van der Waals surface area contributed by atoms with Crippen LogP contribution in [-0.2, 0) is 4.79 Å². The lowest BCUT2D eigenvalue weighted by Gasteiger charge is -2.14. The predicted molar refractivity (Wildman–Crippen MR) is 114 cm³/mol. The van der Waals surface area contributed by atoms with Crippen LogP contribution in [0.3, 0.4) is 0 Å². The van der Waals surface area contributed by atoms with E-state index in [1.54, 1.807) is 11.0 Å². The average molecular weight is 478 g/mol. The van der Waals surface area contributed by atoms with E-state index >= 15 is 0 Å². The Bertz CT molecular complexity index is 896. The topological polar surface area (TPSA) is 59.8 Å². The molecule has 1 aromatic heterocycles. The Morgan fingerprint density at radius 3 is 2.73 bits per heavy atom. The van der Waals surface area contributed by atoms with E-state index in [2.05, 4.69) is 57.9 Å². The number of amides is 1. The molecule has 0 aliphatic heterocycles. The Morgan fingerprint density at radius 1 is 1.23 bits per heavy atom. The normalized spacial score (nSPS) is 10.9. The average Bonchev–Trinajstić information content (AvgIpc) is 3.11. The lowest BCUT2D eigenvalue weighted by atomic mass is 10.0. The molecule has 0 bridgehead atoms. The number of hydrogen-bond acceptors (Lipinski definition) is 4. The number of aromatic nitrogens is 3. The third-order valence-corrected chi connectivity index (χ3v) is 5.26. The molecule has 0 saturated carbocycles. The number of anilines is 1. The van der Waals surface area contributed by atoms with E-state index < -0.39 is 0 Å². The number of rotatable bonds is 6. The number of para-hydroxylation sites is 1. The van der Waals surface area contributed by atoms with Crippen LogP contribution in [-0.4, -0.2) is 26.4 Å². The van der Waals surface area contributed by atoms with Crippen molar-refractivity contribution in [1.82, 2.24) is 14.8 Å². The molecule has 5 nitrogen and oxygen atoms in total. The van der Waals surface area contributed by atoms with E-state index in [4.69, 9.17) is 0 Å². The molecule has 7 heteroatoms. The van der Waals surface area contributed by atoms with Gasteiger partial charge in [-0.1, -0.05) is 43.8 Å². The van der Waals surface area contributed by atoms with E-state index in [-0.39, 0.29) is 11.7 Å². The van der Waals surface area contributed by atoms with Gasteiger partial charge in [-0.05, 0) is 64.4 Å². The molecule has 0 spiro atoms. The monoisotopic (exact) mass is 478 g/mol. The van der Waals surface area contributed by atoms with E-state index in [9.17, 15) is 4.79 Å². The second-order valence-corrected chi connectivity index (χ2v) is 8.22. The Hall–Kier alpha value is -1.87. The summed E-state index contributed by atoms with van der Waals surface area (Å²) in [4.78, 5) is 16.6. The third kappa shape index (κ3) is 4.85. The summed E-state index contributed by atoms with van der Waals surface area (Å²) in [5.74, 6) is 0.549. The minimum Gasteiger partial charge on any atom is -0.325 e. The van der Waals surface area contributed by atoms with Crippen molar-refractivity contribution in [3.63, 3.8) is 0 Å². The Labute approximate surface area is 170 Å². The van der Waals surface area contributed by atoms with Gasteiger partial charge in [0.2, 0.25) is 11.1 Å². The number of thioether (sulfide) groups is 1. The first-order valence-corrected chi connectivity index (χ1v) is 10.3. The van der Waals surface area contributed by atoms with Crippen LogP contribution >= 0.6 is 34.4 Å². The second-order valence-electron chi connectivity index (χ2n) is 6.03. The maximum Gasteiger partial charge on any atom is 0.234 e. The minimum atomic E-state index is -0.0610. The standard InChI is InChI=1S/C19H19IN4OS/c1-13(2)16-10-14(20)8-9-17(16)22-18(25)11-26-19-21-12-24(23-19)15-6-4-3-5-7-15/h3-10,12-13H,11H2,1-2H3,(H,22,25). The van der Waals surface area contributed by atoms with Gasteiger partial charge < -0.3 is 5.32 Å². The summed E-state index contributed by atoms with van der Waals surface area (Å²) in [6.45, 7) is 4.24. The molecule has 1 amide bonds. The third-order valence-electron chi connectivity index (χ3n) is 3.73. The van der Waals surface area contributed by atoms with Gasteiger partial charge in [-0.3, -0.25) is 4.79 Å². The number of carbonyl (C=O) groups is 1. The van der Waals surface area contributed by atoms with E-state index in [1.807, 2.05) is 42.5 Å². The smallest absolute Gasteiger partial charge is 0.234 e. The first-order valence-electron chi connectivity index (χ1n) is 8.22. The highest BCUT2D eigenvalue weighted by Gasteiger charge is 2.12. The minimum absolute atomic E-state index is 0.0610. The number of nitrogens with zero attached hydrogens (tertiary/aromatic N) is 3. The highest BCUT2D eigenvalue weighted by Crippen LogP contribution is 2.26. The van der Waals surface area contributed by atoms with Crippen molar-refractivity contribution in [3.8, 4) is 5.69 Å². The molecule has 0 radical (unpaired) electrons. The van der Waals surface area contributed by atoms with Crippen molar-refractivity contribution in [2.45, 2.75) is 24.9 Å². The Morgan fingerprint density at radius 2 is 2.00 bits per heavy atom. The number of carbonyl (C=O) groups excluding carboxylic acids is 1. The fourth-order valence-electron chi connectivity index (χ4n) is 2.46. The summed E-state index contributed by atoms with van der Waals surface area (Å²) >= 11 is 3.61. The van der Waals surface area contributed by atoms with Gasteiger partial charge in [-0.15, -0.1) is 5.10 Å². The van der Waals surface area contributed by atoms with E-state index in [0.29, 0.717) is 11.1 Å². The first-order chi connectivity index (χ1) is 12.5. The maximum absolute atomic E-state index is 12.3. The molecule has 1 N–H and O–H groups in total. The van der Waals surface area contributed by atoms with Crippen molar-refractivity contribution in [1.29, 1.82) is 0 Å². The van der Waals surface area contributed by atoms with Crippen LogP contribution in [0.4, 0.5) is 5.69 Å². The largest absolute Gasteiger partial charge is 0.325 e. The lowest BCUT2D eigenvalue weighted by molar-refractivity contribution is -0.113. The number of benzene rings is 2. The molecule has 0 unspecified atom stereocenters. The zero-order valence-corrected chi connectivity index (χ0v) is 17.5. The van der Waals surface area contributed by atoms with Gasteiger partial charge in [-0.2, -0.15) is 0 Å². The molecular weight excluding hydrogens is 459 g/mol. The van der Waals surface area contributed by atoms with Gasteiger partial charge >= 0.3 is 0 Å². The molecule has 1 heterocycles. The highest BCUT2D eigenvalue weighted by atomic mass is 127. The molecule has 0 aliphatic carbocycles. The van der Waals surface area contributed by atoms with Crippen LogP contribution in [0.5, 0.6) is 0 Å². The molecule has 0 fully saturated rings. The number of nitrogens with one attached hydrogen (secondary N) is 1. The number of hydrogen-bond donors (Lipinski definition) is 1. The number of halogens is 1. The van der Waals surface area contributed by atoms with Gasteiger partial charge in [0.05, 0.1) is 11.4 Å².